The number of hydrogen-bond acceptors (Lipinski definition) is 2. The molecule has 4 nitrogen and oxygen atoms in total. The van der Waals surface area contributed by atoms with E-state index in [-0.39, 0.29) is 23.8 Å². The molecule has 2 unspecified atom stereocenters. The summed E-state index contributed by atoms with van der Waals surface area (Å²) in [6.45, 7) is 5.51. The van der Waals surface area contributed by atoms with Gasteiger partial charge in [-0.15, -0.1) is 0 Å². The Morgan fingerprint density at radius 1 is 1.35 bits per heavy atom. The monoisotopic (exact) mass is 314 g/mol. The van der Waals surface area contributed by atoms with Crippen LogP contribution in [0.25, 0.3) is 0 Å². The van der Waals surface area contributed by atoms with Crippen molar-refractivity contribution in [2.45, 2.75) is 45.6 Å². The summed E-state index contributed by atoms with van der Waals surface area (Å²) in [5.74, 6) is 0.385. The number of nitrogens with one attached hydrogen (secondary N) is 1. The molecule has 2 amide bonds. The number of aryl methyl sites for hydroxylation is 1. The van der Waals surface area contributed by atoms with E-state index in [2.05, 4.69) is 37.4 Å². The SMILES string of the molecule is CC(C)CN1CC(C(=O)NC2CCCc3ccccc32)CC1=O. The molecule has 0 saturated carbocycles. The molecule has 2 atom stereocenters. The molecule has 1 saturated heterocycles. The number of amides is 2. The normalized spacial score (nSPS) is 24.0. The average molecular weight is 314 g/mol. The fraction of sp³-hybridized carbons (Fsp3) is 0.579. The first kappa shape index (κ1) is 16.0. The van der Waals surface area contributed by atoms with E-state index < -0.39 is 0 Å². The zero-order valence-corrected chi connectivity index (χ0v) is 14.0. The fourth-order valence-corrected chi connectivity index (χ4v) is 3.76. The molecule has 1 aliphatic carbocycles. The Morgan fingerprint density at radius 2 is 2.13 bits per heavy atom. The minimum Gasteiger partial charge on any atom is -0.349 e. The van der Waals surface area contributed by atoms with Gasteiger partial charge in [0.15, 0.2) is 0 Å². The Bertz CT molecular complexity index is 597. The molecule has 0 radical (unpaired) electrons. The lowest BCUT2D eigenvalue weighted by molar-refractivity contribution is -0.129. The highest BCUT2D eigenvalue weighted by atomic mass is 16.2. The van der Waals surface area contributed by atoms with Gasteiger partial charge in [0.1, 0.15) is 0 Å². The molecule has 0 aromatic heterocycles. The molecular formula is C19H26N2O2. The number of carbonyl (C=O) groups excluding carboxylic acids is 2. The molecule has 0 spiro atoms. The van der Waals surface area contributed by atoms with Crippen molar-refractivity contribution in [1.82, 2.24) is 10.2 Å². The maximum Gasteiger partial charge on any atom is 0.225 e. The Balaban J connectivity index is 1.63. The molecule has 0 bridgehead atoms. The molecule has 3 rings (SSSR count). The van der Waals surface area contributed by atoms with Crippen LogP contribution in [-0.2, 0) is 16.0 Å². The summed E-state index contributed by atoms with van der Waals surface area (Å²) in [4.78, 5) is 26.5. The van der Waals surface area contributed by atoms with Crippen LogP contribution in [0.1, 0.15) is 50.3 Å². The van der Waals surface area contributed by atoms with Gasteiger partial charge in [-0.05, 0) is 36.3 Å². The molecule has 4 heteroatoms. The average Bonchev–Trinajstić information content (AvgIpc) is 2.88. The standard InChI is InChI=1S/C19H26N2O2/c1-13(2)11-21-12-15(10-18(21)22)19(23)20-17-9-5-7-14-6-3-4-8-16(14)17/h3-4,6,8,13,15,17H,5,7,9-12H2,1-2H3,(H,20,23). The van der Waals surface area contributed by atoms with Gasteiger partial charge in [-0.1, -0.05) is 38.1 Å². The highest BCUT2D eigenvalue weighted by Gasteiger charge is 2.35. The first-order valence-electron chi connectivity index (χ1n) is 8.70. The van der Waals surface area contributed by atoms with Crippen molar-refractivity contribution in [3.05, 3.63) is 35.4 Å². The van der Waals surface area contributed by atoms with Gasteiger partial charge in [0, 0.05) is 19.5 Å². The van der Waals surface area contributed by atoms with Gasteiger partial charge < -0.3 is 10.2 Å². The van der Waals surface area contributed by atoms with E-state index in [4.69, 9.17) is 0 Å². The van der Waals surface area contributed by atoms with Crippen LogP contribution in [0.5, 0.6) is 0 Å². The summed E-state index contributed by atoms with van der Waals surface area (Å²) in [6, 6.07) is 8.46. The Kier molecular flexibility index (Phi) is 4.69. The van der Waals surface area contributed by atoms with Crippen molar-refractivity contribution < 1.29 is 9.59 Å². The van der Waals surface area contributed by atoms with Crippen LogP contribution < -0.4 is 5.32 Å². The van der Waals surface area contributed by atoms with Gasteiger partial charge in [-0.3, -0.25) is 9.59 Å². The number of likely N-dealkylation sites (tertiary alicyclic amines) is 1. The van der Waals surface area contributed by atoms with Crippen molar-refractivity contribution in [1.29, 1.82) is 0 Å². The second kappa shape index (κ2) is 6.73. The molecular weight excluding hydrogens is 288 g/mol. The van der Waals surface area contributed by atoms with Crippen molar-refractivity contribution in [2.75, 3.05) is 13.1 Å². The van der Waals surface area contributed by atoms with Crippen molar-refractivity contribution in [2.24, 2.45) is 11.8 Å². The summed E-state index contributed by atoms with van der Waals surface area (Å²) in [6.07, 6.45) is 3.53. The van der Waals surface area contributed by atoms with Crippen LogP contribution in [0.3, 0.4) is 0 Å². The van der Waals surface area contributed by atoms with E-state index in [0.29, 0.717) is 18.9 Å². The minimum absolute atomic E-state index is 0.0336. The van der Waals surface area contributed by atoms with Crippen molar-refractivity contribution >= 4 is 11.8 Å². The molecule has 1 aromatic carbocycles. The molecule has 124 valence electrons. The number of nitrogens with zero attached hydrogens (tertiary/aromatic N) is 1. The lowest BCUT2D eigenvalue weighted by Gasteiger charge is -2.27. The number of hydrogen-bond donors (Lipinski definition) is 1. The second-order valence-electron chi connectivity index (χ2n) is 7.25. The maximum atomic E-state index is 12.6. The van der Waals surface area contributed by atoms with Crippen LogP contribution >= 0.6 is 0 Å². The lowest BCUT2D eigenvalue weighted by Crippen LogP contribution is -2.37. The largest absolute Gasteiger partial charge is 0.349 e. The summed E-state index contributed by atoms with van der Waals surface area (Å²) >= 11 is 0. The zero-order chi connectivity index (χ0) is 16.4. The summed E-state index contributed by atoms with van der Waals surface area (Å²) < 4.78 is 0. The van der Waals surface area contributed by atoms with Gasteiger partial charge in [-0.25, -0.2) is 0 Å². The highest BCUT2D eigenvalue weighted by Crippen LogP contribution is 2.30. The molecule has 23 heavy (non-hydrogen) atoms. The first-order valence-corrected chi connectivity index (χ1v) is 8.70. The summed E-state index contributed by atoms with van der Waals surface area (Å²) in [5.41, 5.74) is 2.59. The van der Waals surface area contributed by atoms with Gasteiger partial charge in [-0.2, -0.15) is 0 Å². The van der Waals surface area contributed by atoms with Crippen LogP contribution in [0.2, 0.25) is 0 Å². The van der Waals surface area contributed by atoms with Crippen LogP contribution in [-0.4, -0.2) is 29.8 Å². The topological polar surface area (TPSA) is 49.4 Å². The van der Waals surface area contributed by atoms with E-state index >= 15 is 0 Å². The minimum atomic E-state index is -0.199. The van der Waals surface area contributed by atoms with E-state index in [1.807, 2.05) is 11.0 Å². The van der Waals surface area contributed by atoms with Crippen molar-refractivity contribution in [3.8, 4) is 0 Å². The van der Waals surface area contributed by atoms with Gasteiger partial charge >= 0.3 is 0 Å². The number of fused-ring (bicyclic) bond motifs is 1. The van der Waals surface area contributed by atoms with E-state index in [0.717, 1.165) is 25.8 Å². The molecule has 1 aromatic rings. The van der Waals surface area contributed by atoms with Gasteiger partial charge in [0.25, 0.3) is 0 Å². The third-order valence-electron chi connectivity index (χ3n) is 4.86. The third kappa shape index (κ3) is 3.57. The third-order valence-corrected chi connectivity index (χ3v) is 4.86. The second-order valence-corrected chi connectivity index (χ2v) is 7.25. The Hall–Kier alpha value is -1.84. The number of benzene rings is 1. The van der Waals surface area contributed by atoms with Crippen LogP contribution in [0, 0.1) is 11.8 Å². The predicted molar refractivity (Wildman–Crippen MR) is 89.8 cm³/mol. The summed E-state index contributed by atoms with van der Waals surface area (Å²) in [7, 11) is 0. The fourth-order valence-electron chi connectivity index (χ4n) is 3.76. The Labute approximate surface area is 138 Å². The summed E-state index contributed by atoms with van der Waals surface area (Å²) in [5, 5.41) is 3.19. The first-order chi connectivity index (χ1) is 11.0. The van der Waals surface area contributed by atoms with E-state index in [1.54, 1.807) is 0 Å². The highest BCUT2D eigenvalue weighted by molar-refractivity contribution is 5.89. The molecule has 1 heterocycles. The quantitative estimate of drug-likeness (QED) is 0.929. The molecule has 1 N–H and O–H groups in total. The number of carbonyl (C=O) groups is 2. The predicted octanol–water partition coefficient (Wildman–Crippen LogP) is 2.68. The van der Waals surface area contributed by atoms with E-state index in [1.165, 1.54) is 11.1 Å². The number of rotatable bonds is 4. The Morgan fingerprint density at radius 3 is 2.91 bits per heavy atom. The molecule has 1 fully saturated rings. The van der Waals surface area contributed by atoms with Crippen LogP contribution in [0.15, 0.2) is 24.3 Å². The van der Waals surface area contributed by atoms with Crippen LogP contribution in [0.4, 0.5) is 0 Å². The molecule has 2 aliphatic rings. The molecule has 1 aliphatic heterocycles. The van der Waals surface area contributed by atoms with E-state index in [9.17, 15) is 9.59 Å². The van der Waals surface area contributed by atoms with Gasteiger partial charge in [0.05, 0.1) is 12.0 Å². The van der Waals surface area contributed by atoms with Gasteiger partial charge in [0.2, 0.25) is 11.8 Å². The lowest BCUT2D eigenvalue weighted by atomic mass is 9.87. The zero-order valence-electron chi connectivity index (χ0n) is 14.0. The van der Waals surface area contributed by atoms with Crippen molar-refractivity contribution in [3.63, 3.8) is 0 Å². The smallest absolute Gasteiger partial charge is 0.225 e. The maximum absolute atomic E-state index is 12.6.